The Kier molecular flexibility index (Phi) is 4.57. The summed E-state index contributed by atoms with van der Waals surface area (Å²) in [5.41, 5.74) is 0. The molecule has 0 spiro atoms. The standard InChI is InChI=1S/C24H24O2P/c1-4-10-19(11-5-1)27(20-12-6-2-7-13-20,21-14-8-3-9-15-21)17-16-24-25-22-18-23(22)26-24/h1-15,22-24H,16-18H2/q+1/t22-,23-/m1/s1. The predicted molar refractivity (Wildman–Crippen MR) is 113 cm³/mol. The van der Waals surface area contributed by atoms with Crippen molar-refractivity contribution in [3.8, 4) is 0 Å². The van der Waals surface area contributed by atoms with Crippen molar-refractivity contribution in [3.05, 3.63) is 91.0 Å². The first-order valence-corrected chi connectivity index (χ1v) is 11.7. The average Bonchev–Trinajstić information content (AvgIpc) is 3.36. The summed E-state index contributed by atoms with van der Waals surface area (Å²) >= 11 is 0. The van der Waals surface area contributed by atoms with Crippen LogP contribution in [0, 0.1) is 0 Å². The van der Waals surface area contributed by atoms with Gasteiger partial charge in [0.1, 0.15) is 23.2 Å². The highest BCUT2D eigenvalue weighted by Crippen LogP contribution is 2.56. The van der Waals surface area contributed by atoms with Crippen LogP contribution in [0.3, 0.4) is 0 Å². The Hall–Kier alpha value is -1.99. The van der Waals surface area contributed by atoms with Crippen molar-refractivity contribution in [3.63, 3.8) is 0 Å². The van der Waals surface area contributed by atoms with Crippen LogP contribution < -0.4 is 15.9 Å². The molecular weight excluding hydrogens is 351 g/mol. The zero-order valence-electron chi connectivity index (χ0n) is 15.3. The van der Waals surface area contributed by atoms with Gasteiger partial charge < -0.3 is 9.47 Å². The molecule has 0 radical (unpaired) electrons. The molecule has 0 N–H and O–H groups in total. The quantitative estimate of drug-likeness (QED) is 0.609. The van der Waals surface area contributed by atoms with E-state index in [2.05, 4.69) is 91.0 Å². The van der Waals surface area contributed by atoms with Gasteiger partial charge in [0.15, 0.2) is 6.29 Å². The van der Waals surface area contributed by atoms with Crippen molar-refractivity contribution in [2.45, 2.75) is 31.3 Å². The van der Waals surface area contributed by atoms with Crippen molar-refractivity contribution in [1.29, 1.82) is 0 Å². The van der Waals surface area contributed by atoms with Crippen molar-refractivity contribution in [2.24, 2.45) is 0 Å². The van der Waals surface area contributed by atoms with E-state index in [4.69, 9.17) is 9.47 Å². The first kappa shape index (κ1) is 17.1. The summed E-state index contributed by atoms with van der Waals surface area (Å²) in [4.78, 5) is 0. The first-order valence-electron chi connectivity index (χ1n) is 9.72. The lowest BCUT2D eigenvalue weighted by Gasteiger charge is -2.28. The third kappa shape index (κ3) is 3.23. The largest absolute Gasteiger partial charge is 0.346 e. The van der Waals surface area contributed by atoms with Gasteiger partial charge in [-0.3, -0.25) is 0 Å². The van der Waals surface area contributed by atoms with Crippen LogP contribution in [0.15, 0.2) is 91.0 Å². The molecule has 2 fully saturated rings. The minimum absolute atomic E-state index is 0.0516. The summed E-state index contributed by atoms with van der Waals surface area (Å²) in [6, 6.07) is 33.0. The molecule has 1 saturated carbocycles. The molecule has 3 aromatic carbocycles. The Balaban J connectivity index is 1.59. The molecule has 27 heavy (non-hydrogen) atoms. The van der Waals surface area contributed by atoms with E-state index in [-0.39, 0.29) is 6.29 Å². The fourth-order valence-electron chi connectivity index (χ4n) is 4.18. The SMILES string of the molecule is c1ccc([P+](CCC2O[C@@H]3C[C@H]3O2)(c2ccccc2)c2ccccc2)cc1. The van der Waals surface area contributed by atoms with E-state index in [1.807, 2.05) is 0 Å². The molecule has 0 unspecified atom stereocenters. The van der Waals surface area contributed by atoms with Gasteiger partial charge >= 0.3 is 0 Å². The molecule has 0 amide bonds. The number of fused-ring (bicyclic) bond motifs is 1. The summed E-state index contributed by atoms with van der Waals surface area (Å²) < 4.78 is 12.1. The number of benzene rings is 3. The highest BCUT2D eigenvalue weighted by Gasteiger charge is 2.51. The van der Waals surface area contributed by atoms with Gasteiger partial charge in [-0.25, -0.2) is 0 Å². The van der Waals surface area contributed by atoms with E-state index < -0.39 is 7.26 Å². The van der Waals surface area contributed by atoms with Crippen LogP contribution in [0.4, 0.5) is 0 Å². The molecule has 1 aliphatic carbocycles. The minimum Gasteiger partial charge on any atom is -0.346 e. The minimum atomic E-state index is -1.77. The molecule has 3 aromatic rings. The third-order valence-electron chi connectivity index (χ3n) is 5.62. The van der Waals surface area contributed by atoms with Crippen molar-refractivity contribution >= 4 is 23.2 Å². The van der Waals surface area contributed by atoms with Gasteiger partial charge in [-0.05, 0) is 36.4 Å². The number of rotatable bonds is 6. The molecule has 2 aliphatic rings. The van der Waals surface area contributed by atoms with E-state index in [1.165, 1.54) is 15.9 Å². The molecule has 2 atom stereocenters. The summed E-state index contributed by atoms with van der Waals surface area (Å²) in [7, 11) is -1.77. The molecule has 1 saturated heterocycles. The second kappa shape index (κ2) is 7.20. The molecule has 2 nitrogen and oxygen atoms in total. The Morgan fingerprint density at radius 1 is 0.630 bits per heavy atom. The zero-order chi connectivity index (χ0) is 18.1. The van der Waals surface area contributed by atoms with Crippen LogP contribution in [0.2, 0.25) is 0 Å². The zero-order valence-corrected chi connectivity index (χ0v) is 16.2. The fourth-order valence-corrected chi connectivity index (χ4v) is 8.49. The van der Waals surface area contributed by atoms with Gasteiger partial charge in [-0.2, -0.15) is 0 Å². The molecule has 1 aliphatic heterocycles. The molecule has 5 rings (SSSR count). The molecule has 1 heterocycles. The average molecular weight is 375 g/mol. The second-order valence-corrected chi connectivity index (χ2v) is 11.0. The van der Waals surface area contributed by atoms with Crippen molar-refractivity contribution < 1.29 is 9.47 Å². The maximum atomic E-state index is 6.03. The lowest BCUT2D eigenvalue weighted by atomic mass is 10.3. The van der Waals surface area contributed by atoms with Crippen LogP contribution in [0.25, 0.3) is 0 Å². The molecular formula is C24H24O2P+. The van der Waals surface area contributed by atoms with Crippen molar-refractivity contribution in [1.82, 2.24) is 0 Å². The lowest BCUT2D eigenvalue weighted by molar-refractivity contribution is -0.0868. The highest BCUT2D eigenvalue weighted by molar-refractivity contribution is 7.95. The van der Waals surface area contributed by atoms with Crippen LogP contribution in [-0.2, 0) is 9.47 Å². The first-order chi connectivity index (χ1) is 13.4. The molecule has 136 valence electrons. The molecule has 0 bridgehead atoms. The van der Waals surface area contributed by atoms with E-state index in [0.717, 1.165) is 19.0 Å². The number of hydrogen-bond acceptors (Lipinski definition) is 2. The smallest absolute Gasteiger partial charge is 0.162 e. The van der Waals surface area contributed by atoms with E-state index in [0.29, 0.717) is 12.2 Å². The third-order valence-corrected chi connectivity index (χ3v) is 10.1. The monoisotopic (exact) mass is 375 g/mol. The van der Waals surface area contributed by atoms with Crippen molar-refractivity contribution in [2.75, 3.05) is 6.16 Å². The fraction of sp³-hybridized carbons (Fsp3) is 0.250. The predicted octanol–water partition coefficient (Wildman–Crippen LogP) is 3.88. The van der Waals surface area contributed by atoms with Gasteiger partial charge in [-0.15, -0.1) is 0 Å². The summed E-state index contributed by atoms with van der Waals surface area (Å²) in [5.74, 6) is 0. The van der Waals surface area contributed by atoms with E-state index in [1.54, 1.807) is 0 Å². The lowest BCUT2D eigenvalue weighted by Crippen LogP contribution is -2.34. The van der Waals surface area contributed by atoms with Gasteiger partial charge in [0.2, 0.25) is 0 Å². The second-order valence-electron chi connectivity index (χ2n) is 7.34. The highest BCUT2D eigenvalue weighted by atomic mass is 31.2. The maximum absolute atomic E-state index is 6.03. The Labute approximate surface area is 161 Å². The maximum Gasteiger partial charge on any atom is 0.162 e. The van der Waals surface area contributed by atoms with E-state index in [9.17, 15) is 0 Å². The molecule has 3 heteroatoms. The summed E-state index contributed by atoms with van der Waals surface area (Å²) in [6.45, 7) is 0. The van der Waals surface area contributed by atoms with Gasteiger partial charge in [0, 0.05) is 12.8 Å². The Morgan fingerprint density at radius 3 is 1.44 bits per heavy atom. The Bertz CT molecular complexity index is 775. The van der Waals surface area contributed by atoms with Gasteiger partial charge in [-0.1, -0.05) is 54.6 Å². The van der Waals surface area contributed by atoms with Gasteiger partial charge in [0.05, 0.1) is 18.4 Å². The van der Waals surface area contributed by atoms with Crippen LogP contribution >= 0.6 is 7.26 Å². The van der Waals surface area contributed by atoms with Crippen LogP contribution in [-0.4, -0.2) is 24.7 Å². The molecule has 0 aromatic heterocycles. The summed E-state index contributed by atoms with van der Waals surface area (Å²) in [5, 5.41) is 4.27. The topological polar surface area (TPSA) is 18.5 Å². The number of ether oxygens (including phenoxy) is 2. The summed E-state index contributed by atoms with van der Waals surface area (Å²) in [6.07, 6.45) is 3.71. The van der Waals surface area contributed by atoms with Crippen LogP contribution in [0.5, 0.6) is 0 Å². The van der Waals surface area contributed by atoms with E-state index >= 15 is 0 Å². The number of hydrogen-bond donors (Lipinski definition) is 0. The van der Waals surface area contributed by atoms with Crippen LogP contribution in [0.1, 0.15) is 12.8 Å². The Morgan fingerprint density at radius 2 is 1.04 bits per heavy atom. The van der Waals surface area contributed by atoms with Gasteiger partial charge in [0.25, 0.3) is 0 Å². The normalized spacial score (nSPS) is 21.8.